The average molecular weight is 371 g/mol. The lowest BCUT2D eigenvalue weighted by Crippen LogP contribution is -2.21. The molecule has 28 heavy (non-hydrogen) atoms. The molecule has 2 aromatic carbocycles. The number of hydrogen-bond acceptors (Lipinski definition) is 3. The summed E-state index contributed by atoms with van der Waals surface area (Å²) in [4.78, 5) is 7.23. The van der Waals surface area contributed by atoms with Crippen LogP contribution in [0.5, 0.6) is 0 Å². The minimum absolute atomic E-state index is 0.648. The Morgan fingerprint density at radius 2 is 1.79 bits per heavy atom. The maximum atomic E-state index is 8.94. The van der Waals surface area contributed by atoms with Crippen LogP contribution in [0.15, 0.2) is 60.8 Å². The van der Waals surface area contributed by atoms with E-state index in [9.17, 15) is 0 Å². The van der Waals surface area contributed by atoms with E-state index in [4.69, 9.17) is 10.2 Å². The predicted molar refractivity (Wildman–Crippen MR) is 111 cm³/mol. The van der Waals surface area contributed by atoms with Crippen LogP contribution in [0.4, 0.5) is 0 Å². The van der Waals surface area contributed by atoms with Crippen molar-refractivity contribution in [3.8, 4) is 6.07 Å². The molecule has 0 radical (unpaired) electrons. The number of benzene rings is 2. The molecule has 4 nitrogen and oxygen atoms in total. The maximum absolute atomic E-state index is 8.94. The van der Waals surface area contributed by atoms with E-state index in [-0.39, 0.29) is 0 Å². The lowest BCUT2D eigenvalue weighted by Gasteiger charge is -2.17. The molecule has 1 saturated heterocycles. The van der Waals surface area contributed by atoms with Gasteiger partial charge in [0.15, 0.2) is 0 Å². The van der Waals surface area contributed by atoms with E-state index in [1.54, 1.807) is 0 Å². The zero-order valence-electron chi connectivity index (χ0n) is 16.4. The Labute approximate surface area is 167 Å². The van der Waals surface area contributed by atoms with Crippen molar-refractivity contribution in [3.63, 3.8) is 0 Å². The third-order valence-electron chi connectivity index (χ3n) is 5.65. The summed E-state index contributed by atoms with van der Waals surface area (Å²) in [6.07, 6.45) is 4.25. The quantitative estimate of drug-likeness (QED) is 0.654. The van der Waals surface area contributed by atoms with Gasteiger partial charge in [0.2, 0.25) is 0 Å². The Hall–Kier alpha value is -2.90. The van der Waals surface area contributed by atoms with Crippen LogP contribution in [0.1, 0.15) is 34.6 Å². The minimum atomic E-state index is 0.648. The van der Waals surface area contributed by atoms with Gasteiger partial charge >= 0.3 is 0 Å². The second-order valence-corrected chi connectivity index (χ2v) is 7.79. The van der Waals surface area contributed by atoms with Crippen molar-refractivity contribution in [1.29, 1.82) is 5.26 Å². The first-order valence-electron chi connectivity index (χ1n) is 9.97. The summed E-state index contributed by atoms with van der Waals surface area (Å²) in [5, 5.41) is 8.94. The Morgan fingerprint density at radius 1 is 1.04 bits per heavy atom. The van der Waals surface area contributed by atoms with Gasteiger partial charge in [0.1, 0.15) is 5.82 Å². The Bertz CT molecular complexity index is 951. The molecule has 1 aliphatic rings. The highest BCUT2D eigenvalue weighted by Gasteiger charge is 2.24. The highest BCUT2D eigenvalue weighted by Crippen LogP contribution is 2.23. The van der Waals surface area contributed by atoms with Gasteiger partial charge in [-0.15, -0.1) is 0 Å². The fourth-order valence-corrected chi connectivity index (χ4v) is 4.08. The zero-order chi connectivity index (χ0) is 19.3. The van der Waals surface area contributed by atoms with Gasteiger partial charge in [0.25, 0.3) is 0 Å². The molecule has 0 saturated carbocycles. The van der Waals surface area contributed by atoms with Gasteiger partial charge < -0.3 is 4.57 Å². The SMILES string of the molecule is Cc1cnc(CC2CCN(Cc3ccc(C#N)cc3)C2)n1Cc1ccccc1. The number of imidazole rings is 1. The number of hydrogen-bond donors (Lipinski definition) is 0. The standard InChI is InChI=1S/C24H26N4/c1-19-15-26-24(28(19)18-21-5-3-2-4-6-21)13-23-11-12-27(17-23)16-22-9-7-20(14-25)8-10-22/h2-10,15,23H,11-13,16-18H2,1H3. The van der Waals surface area contributed by atoms with Crippen molar-refractivity contribution in [3.05, 3.63) is 89.0 Å². The van der Waals surface area contributed by atoms with Gasteiger partial charge in [0.05, 0.1) is 11.6 Å². The summed E-state index contributed by atoms with van der Waals surface area (Å²) in [5.41, 5.74) is 4.55. The second kappa shape index (κ2) is 8.41. The zero-order valence-corrected chi connectivity index (χ0v) is 16.4. The fraction of sp³-hybridized carbons (Fsp3) is 0.333. The molecule has 1 unspecified atom stereocenters. The molecule has 2 heterocycles. The third kappa shape index (κ3) is 4.32. The first-order valence-corrected chi connectivity index (χ1v) is 9.97. The molecule has 0 N–H and O–H groups in total. The summed E-state index contributed by atoms with van der Waals surface area (Å²) in [6.45, 7) is 6.23. The van der Waals surface area contributed by atoms with Crippen LogP contribution in [0, 0.1) is 24.2 Å². The number of aryl methyl sites for hydroxylation is 1. The van der Waals surface area contributed by atoms with Crippen LogP contribution in [0.2, 0.25) is 0 Å². The average Bonchev–Trinajstić information content (AvgIpc) is 3.31. The Morgan fingerprint density at radius 3 is 2.54 bits per heavy atom. The lowest BCUT2D eigenvalue weighted by molar-refractivity contribution is 0.315. The van der Waals surface area contributed by atoms with Crippen LogP contribution in [-0.2, 0) is 19.5 Å². The van der Waals surface area contributed by atoms with E-state index in [1.807, 2.05) is 18.3 Å². The Kier molecular flexibility index (Phi) is 5.55. The van der Waals surface area contributed by atoms with Crippen LogP contribution in [0.3, 0.4) is 0 Å². The van der Waals surface area contributed by atoms with Crippen LogP contribution < -0.4 is 0 Å². The van der Waals surface area contributed by atoms with Crippen molar-refractivity contribution in [1.82, 2.24) is 14.5 Å². The summed E-state index contributed by atoms with van der Waals surface area (Å²) >= 11 is 0. The summed E-state index contributed by atoms with van der Waals surface area (Å²) in [7, 11) is 0. The Balaban J connectivity index is 1.37. The monoisotopic (exact) mass is 370 g/mol. The fourth-order valence-electron chi connectivity index (χ4n) is 4.08. The van der Waals surface area contributed by atoms with Gasteiger partial charge in [0, 0.05) is 37.9 Å². The molecule has 3 aromatic rings. The molecule has 0 bridgehead atoms. The van der Waals surface area contributed by atoms with E-state index >= 15 is 0 Å². The number of likely N-dealkylation sites (tertiary alicyclic amines) is 1. The summed E-state index contributed by atoms with van der Waals surface area (Å²) in [5.74, 6) is 1.85. The van der Waals surface area contributed by atoms with Crippen molar-refractivity contribution in [2.45, 2.75) is 32.9 Å². The van der Waals surface area contributed by atoms with E-state index < -0.39 is 0 Å². The van der Waals surface area contributed by atoms with Gasteiger partial charge in [-0.25, -0.2) is 4.98 Å². The molecule has 4 rings (SSSR count). The highest BCUT2D eigenvalue weighted by atomic mass is 15.1. The van der Waals surface area contributed by atoms with Crippen LogP contribution >= 0.6 is 0 Å². The minimum Gasteiger partial charge on any atom is -0.328 e. The first-order chi connectivity index (χ1) is 13.7. The van der Waals surface area contributed by atoms with Gasteiger partial charge in [-0.05, 0) is 49.1 Å². The number of nitrogens with zero attached hydrogens (tertiary/aromatic N) is 4. The number of rotatable bonds is 6. The molecule has 142 valence electrons. The predicted octanol–water partition coefficient (Wildman–Crippen LogP) is 4.18. The molecule has 0 spiro atoms. The van der Waals surface area contributed by atoms with Crippen molar-refractivity contribution >= 4 is 0 Å². The first kappa shape index (κ1) is 18.5. The van der Waals surface area contributed by atoms with E-state index in [0.29, 0.717) is 5.92 Å². The van der Waals surface area contributed by atoms with E-state index in [1.165, 1.54) is 29.1 Å². The van der Waals surface area contributed by atoms with Gasteiger partial charge in [-0.2, -0.15) is 5.26 Å². The topological polar surface area (TPSA) is 44.9 Å². The van der Waals surface area contributed by atoms with Crippen molar-refractivity contribution in [2.75, 3.05) is 13.1 Å². The molecule has 0 aliphatic carbocycles. The normalized spacial score (nSPS) is 16.9. The highest BCUT2D eigenvalue weighted by molar-refractivity contribution is 5.31. The van der Waals surface area contributed by atoms with E-state index in [0.717, 1.165) is 38.2 Å². The smallest absolute Gasteiger partial charge is 0.109 e. The number of aromatic nitrogens is 2. The molecular weight excluding hydrogens is 344 g/mol. The van der Waals surface area contributed by atoms with Crippen molar-refractivity contribution in [2.24, 2.45) is 5.92 Å². The summed E-state index contributed by atoms with van der Waals surface area (Å²) < 4.78 is 2.36. The van der Waals surface area contributed by atoms with Crippen LogP contribution in [0.25, 0.3) is 0 Å². The third-order valence-corrected chi connectivity index (χ3v) is 5.65. The molecule has 1 atom stereocenters. The summed E-state index contributed by atoms with van der Waals surface area (Å²) in [6, 6.07) is 20.8. The second-order valence-electron chi connectivity index (χ2n) is 7.79. The molecular formula is C24H26N4. The number of nitriles is 1. The molecule has 0 amide bonds. The maximum Gasteiger partial charge on any atom is 0.109 e. The van der Waals surface area contributed by atoms with E-state index in [2.05, 4.69) is 64.9 Å². The molecule has 1 aromatic heterocycles. The van der Waals surface area contributed by atoms with Crippen molar-refractivity contribution < 1.29 is 0 Å². The molecule has 1 aliphatic heterocycles. The molecule has 4 heteroatoms. The van der Waals surface area contributed by atoms with Gasteiger partial charge in [-0.3, -0.25) is 4.90 Å². The molecule has 1 fully saturated rings. The van der Waals surface area contributed by atoms with Gasteiger partial charge in [-0.1, -0.05) is 42.5 Å². The largest absolute Gasteiger partial charge is 0.328 e. The van der Waals surface area contributed by atoms with Crippen LogP contribution in [-0.4, -0.2) is 27.5 Å². The lowest BCUT2D eigenvalue weighted by atomic mass is 10.0.